The van der Waals surface area contributed by atoms with Gasteiger partial charge in [0.1, 0.15) is 13.3 Å². The van der Waals surface area contributed by atoms with E-state index in [1.54, 1.807) is 19.1 Å². The summed E-state index contributed by atoms with van der Waals surface area (Å²) in [5, 5.41) is 19.1. The van der Waals surface area contributed by atoms with Crippen LogP contribution in [0.15, 0.2) is 42.5 Å². The van der Waals surface area contributed by atoms with Crippen molar-refractivity contribution in [2.24, 2.45) is 0 Å². The summed E-state index contributed by atoms with van der Waals surface area (Å²) in [6, 6.07) is 10.1. The Balaban J connectivity index is 3.14. The van der Waals surface area contributed by atoms with Crippen LogP contribution in [-0.4, -0.2) is 29.8 Å². The van der Waals surface area contributed by atoms with Gasteiger partial charge in [0.15, 0.2) is 0 Å². The van der Waals surface area contributed by atoms with E-state index in [1.807, 2.05) is 25.1 Å². The molecule has 2 unspecified atom stereocenters. The number of benzene rings is 1. The molecule has 2 N–H and O–H groups in total. The van der Waals surface area contributed by atoms with E-state index in [0.29, 0.717) is 0 Å². The number of hydrogen-bond acceptors (Lipinski definition) is 3. The van der Waals surface area contributed by atoms with Crippen LogP contribution >= 0.6 is 0 Å². The van der Waals surface area contributed by atoms with Crippen molar-refractivity contribution in [3.63, 3.8) is 0 Å². The second-order valence-electron chi connectivity index (χ2n) is 5.29. The number of aliphatic hydroxyl groups is 1. The molecule has 0 amide bonds. The van der Waals surface area contributed by atoms with E-state index in [-0.39, 0.29) is 0 Å². The first-order chi connectivity index (χ1) is 8.33. The average molecular weight is 266 g/mol. The Bertz CT molecular complexity index is 401. The highest BCUT2D eigenvalue weighted by molar-refractivity contribution is 6.92. The van der Waals surface area contributed by atoms with E-state index in [1.165, 1.54) is 5.19 Å². The lowest BCUT2D eigenvalue weighted by Crippen LogP contribution is -2.60. The van der Waals surface area contributed by atoms with E-state index < -0.39 is 19.4 Å². The van der Waals surface area contributed by atoms with Crippen LogP contribution in [0, 0.1) is 0 Å². The Morgan fingerprint density at radius 2 is 1.83 bits per heavy atom. The molecule has 0 aliphatic heterocycles. The van der Waals surface area contributed by atoms with Crippen LogP contribution in [0.25, 0.3) is 0 Å². The zero-order valence-electron chi connectivity index (χ0n) is 11.4. The molecule has 0 fully saturated rings. The van der Waals surface area contributed by atoms with Gasteiger partial charge in [0, 0.05) is 0 Å². The van der Waals surface area contributed by atoms with Gasteiger partial charge in [0.05, 0.1) is 6.10 Å². The van der Waals surface area contributed by atoms with Crippen molar-refractivity contribution in [1.82, 2.24) is 0 Å². The molecular formula is C14H22O3Si. The number of aliphatic hydroxyl groups excluding tert-OH is 1. The molecule has 1 aromatic carbocycles. The maximum absolute atomic E-state index is 9.34. The molecule has 1 rings (SSSR count). The summed E-state index contributed by atoms with van der Waals surface area (Å²) < 4.78 is 0. The molecule has 3 nitrogen and oxygen atoms in total. The Morgan fingerprint density at radius 3 is 2.28 bits per heavy atom. The molecule has 0 spiro atoms. The standard InChI is InChI=1S/C14H22O3Si/c1-12(15)10-11-14(2,17-16)18(3,4)13-8-6-5-7-9-13/h5-12,15-16H,1-4H3/b11-10+. The predicted octanol–water partition coefficient (Wildman–Crippen LogP) is 2.33. The van der Waals surface area contributed by atoms with Crippen LogP contribution in [0.4, 0.5) is 0 Å². The highest BCUT2D eigenvalue weighted by Gasteiger charge is 2.44. The van der Waals surface area contributed by atoms with Crippen LogP contribution in [0.5, 0.6) is 0 Å². The quantitative estimate of drug-likeness (QED) is 0.372. The third-order valence-electron chi connectivity index (χ3n) is 3.62. The SMILES string of the molecule is CC(O)/C=C/C(C)(OO)[Si](C)(C)c1ccccc1. The van der Waals surface area contributed by atoms with Gasteiger partial charge >= 0.3 is 0 Å². The zero-order valence-corrected chi connectivity index (χ0v) is 12.4. The minimum Gasteiger partial charge on any atom is -0.389 e. The van der Waals surface area contributed by atoms with Gasteiger partial charge in [-0.15, -0.1) is 0 Å². The van der Waals surface area contributed by atoms with E-state index in [0.717, 1.165) is 0 Å². The van der Waals surface area contributed by atoms with E-state index in [2.05, 4.69) is 25.2 Å². The van der Waals surface area contributed by atoms with Gasteiger partial charge in [-0.1, -0.05) is 60.8 Å². The van der Waals surface area contributed by atoms with Gasteiger partial charge in [0.2, 0.25) is 0 Å². The molecule has 0 saturated carbocycles. The molecule has 18 heavy (non-hydrogen) atoms. The monoisotopic (exact) mass is 266 g/mol. The van der Waals surface area contributed by atoms with Gasteiger partial charge in [-0.05, 0) is 13.8 Å². The summed E-state index contributed by atoms with van der Waals surface area (Å²) in [7, 11) is -2.07. The molecule has 1 aromatic rings. The first-order valence-corrected chi connectivity index (χ1v) is 9.09. The van der Waals surface area contributed by atoms with Crippen molar-refractivity contribution in [2.45, 2.75) is 38.3 Å². The van der Waals surface area contributed by atoms with Gasteiger partial charge < -0.3 is 5.11 Å². The molecule has 0 aliphatic carbocycles. The van der Waals surface area contributed by atoms with E-state index >= 15 is 0 Å². The first-order valence-electron chi connectivity index (χ1n) is 6.09. The van der Waals surface area contributed by atoms with Crippen LogP contribution in [0.3, 0.4) is 0 Å². The summed E-state index contributed by atoms with van der Waals surface area (Å²) in [5.74, 6) is 0. The van der Waals surface area contributed by atoms with Crippen molar-refractivity contribution >= 4 is 13.3 Å². The van der Waals surface area contributed by atoms with Gasteiger partial charge in [0.25, 0.3) is 0 Å². The third-order valence-corrected chi connectivity index (χ3v) is 8.14. The second-order valence-corrected chi connectivity index (χ2v) is 10.1. The molecule has 0 bridgehead atoms. The molecule has 0 radical (unpaired) electrons. The first kappa shape index (κ1) is 15.1. The van der Waals surface area contributed by atoms with E-state index in [9.17, 15) is 10.4 Å². The highest BCUT2D eigenvalue weighted by Crippen LogP contribution is 2.25. The highest BCUT2D eigenvalue weighted by atomic mass is 28.3. The maximum atomic E-state index is 9.34. The third kappa shape index (κ3) is 3.08. The Hall–Kier alpha value is -0.943. The lowest BCUT2D eigenvalue weighted by molar-refractivity contribution is -0.279. The van der Waals surface area contributed by atoms with Gasteiger partial charge in [-0.3, -0.25) is 5.26 Å². The minimum atomic E-state index is -2.07. The molecule has 0 aliphatic rings. The molecule has 0 aromatic heterocycles. The van der Waals surface area contributed by atoms with Gasteiger partial charge in [-0.2, -0.15) is 0 Å². The average Bonchev–Trinajstić information content (AvgIpc) is 2.36. The lowest BCUT2D eigenvalue weighted by Gasteiger charge is -2.38. The Morgan fingerprint density at radius 1 is 1.28 bits per heavy atom. The normalized spacial score (nSPS) is 17.7. The maximum Gasteiger partial charge on any atom is 0.126 e. The molecule has 0 saturated heterocycles. The van der Waals surface area contributed by atoms with Crippen LogP contribution in [-0.2, 0) is 4.89 Å². The molecular weight excluding hydrogens is 244 g/mol. The van der Waals surface area contributed by atoms with Crippen molar-refractivity contribution in [3.05, 3.63) is 42.5 Å². The fraction of sp³-hybridized carbons (Fsp3) is 0.429. The smallest absolute Gasteiger partial charge is 0.126 e. The fourth-order valence-corrected chi connectivity index (χ4v) is 4.16. The predicted molar refractivity (Wildman–Crippen MR) is 76.5 cm³/mol. The topological polar surface area (TPSA) is 49.7 Å². The summed E-state index contributed by atoms with van der Waals surface area (Å²) in [6.07, 6.45) is 2.85. The molecule has 100 valence electrons. The van der Waals surface area contributed by atoms with E-state index in [4.69, 9.17) is 4.89 Å². The zero-order chi connectivity index (χ0) is 13.8. The number of hydrogen-bond donors (Lipinski definition) is 2. The minimum absolute atomic E-state index is 0.556. The summed E-state index contributed by atoms with van der Waals surface area (Å²) in [6.45, 7) is 7.78. The van der Waals surface area contributed by atoms with Crippen LogP contribution in [0.1, 0.15) is 13.8 Å². The van der Waals surface area contributed by atoms with Crippen molar-refractivity contribution in [2.75, 3.05) is 0 Å². The Kier molecular flexibility index (Phi) is 4.87. The van der Waals surface area contributed by atoms with Crippen LogP contribution in [0.2, 0.25) is 13.1 Å². The molecule has 2 atom stereocenters. The summed E-state index contributed by atoms with van der Waals surface area (Å²) in [4.78, 5) is 4.77. The molecule has 0 heterocycles. The molecule has 4 heteroatoms. The Labute approximate surface area is 110 Å². The number of rotatable bonds is 5. The van der Waals surface area contributed by atoms with Gasteiger partial charge in [-0.25, -0.2) is 4.89 Å². The van der Waals surface area contributed by atoms with Crippen LogP contribution < -0.4 is 5.19 Å². The van der Waals surface area contributed by atoms with Crippen molar-refractivity contribution < 1.29 is 15.3 Å². The van der Waals surface area contributed by atoms with Crippen molar-refractivity contribution in [1.29, 1.82) is 0 Å². The fourth-order valence-electron chi connectivity index (χ4n) is 1.82. The second kappa shape index (κ2) is 5.80. The largest absolute Gasteiger partial charge is 0.389 e. The lowest BCUT2D eigenvalue weighted by atomic mass is 10.3. The van der Waals surface area contributed by atoms with Crippen molar-refractivity contribution in [3.8, 4) is 0 Å². The summed E-state index contributed by atoms with van der Waals surface area (Å²) in [5.41, 5.74) is 0. The summed E-state index contributed by atoms with van der Waals surface area (Å²) >= 11 is 0.